The number of anilines is 1. The molecule has 0 bridgehead atoms. The number of fused-ring (bicyclic) bond motifs is 1. The fourth-order valence-electron chi connectivity index (χ4n) is 3.76. The van der Waals surface area contributed by atoms with Crippen molar-refractivity contribution in [3.63, 3.8) is 0 Å². The molecule has 0 radical (unpaired) electrons. The van der Waals surface area contributed by atoms with E-state index >= 15 is 0 Å². The van der Waals surface area contributed by atoms with Gasteiger partial charge < -0.3 is 14.6 Å². The third-order valence-corrected chi connectivity index (χ3v) is 5.81. The number of furan rings is 1. The summed E-state index contributed by atoms with van der Waals surface area (Å²) < 4.78 is 47.2. The van der Waals surface area contributed by atoms with Crippen LogP contribution in [0, 0.1) is 5.92 Å². The van der Waals surface area contributed by atoms with Crippen molar-refractivity contribution in [1.82, 2.24) is 14.7 Å². The number of halogens is 4. The molecule has 2 unspecified atom stereocenters. The van der Waals surface area contributed by atoms with Gasteiger partial charge >= 0.3 is 6.18 Å². The number of hydrogen-bond donors (Lipinski definition) is 1. The Kier molecular flexibility index (Phi) is 4.81. The first-order valence-electron chi connectivity index (χ1n) is 9.19. The molecule has 1 saturated heterocycles. The second-order valence-electron chi connectivity index (χ2n) is 7.44. The standard InChI is InChI=1S/C18H20ClF3N4O2/c1-10-4-6-25(7-5-10)17(27)15-14(19)16-23-11(12-3-2-8-28-12)9-13(18(20,21)22)26(16)24-15/h2-3,8,10-11,13,23H,4-7,9H2,1H3. The molecule has 1 fully saturated rings. The van der Waals surface area contributed by atoms with Crippen LogP contribution in [0.25, 0.3) is 0 Å². The number of alkyl halides is 3. The number of nitrogens with zero attached hydrogens (tertiary/aromatic N) is 3. The van der Waals surface area contributed by atoms with E-state index < -0.39 is 24.2 Å². The van der Waals surface area contributed by atoms with E-state index in [2.05, 4.69) is 17.3 Å². The Hall–Kier alpha value is -2.16. The molecule has 0 aromatic carbocycles. The molecule has 2 aliphatic heterocycles. The van der Waals surface area contributed by atoms with Crippen molar-refractivity contribution < 1.29 is 22.4 Å². The molecule has 4 heterocycles. The predicted octanol–water partition coefficient (Wildman–Crippen LogP) is 4.66. The van der Waals surface area contributed by atoms with Crippen LogP contribution in [0.5, 0.6) is 0 Å². The molecule has 1 N–H and O–H groups in total. The van der Waals surface area contributed by atoms with Crippen molar-refractivity contribution in [2.75, 3.05) is 18.4 Å². The molecule has 0 aliphatic carbocycles. The highest BCUT2D eigenvalue weighted by Gasteiger charge is 2.48. The van der Waals surface area contributed by atoms with Crippen LogP contribution < -0.4 is 5.32 Å². The first-order chi connectivity index (χ1) is 13.3. The van der Waals surface area contributed by atoms with Crippen LogP contribution in [0.2, 0.25) is 5.02 Å². The molecule has 10 heteroatoms. The minimum Gasteiger partial charge on any atom is -0.467 e. The third-order valence-electron chi connectivity index (χ3n) is 5.46. The van der Waals surface area contributed by atoms with Crippen molar-refractivity contribution in [2.24, 2.45) is 5.92 Å². The van der Waals surface area contributed by atoms with Crippen molar-refractivity contribution >= 4 is 23.3 Å². The highest BCUT2D eigenvalue weighted by Crippen LogP contribution is 2.46. The molecule has 6 nitrogen and oxygen atoms in total. The van der Waals surface area contributed by atoms with Crippen molar-refractivity contribution in [1.29, 1.82) is 0 Å². The number of nitrogens with one attached hydrogen (secondary N) is 1. The molecular weight excluding hydrogens is 397 g/mol. The highest BCUT2D eigenvalue weighted by atomic mass is 35.5. The summed E-state index contributed by atoms with van der Waals surface area (Å²) in [5, 5.41) is 6.86. The Balaban J connectivity index is 1.69. The van der Waals surface area contributed by atoms with Crippen LogP contribution >= 0.6 is 11.6 Å². The monoisotopic (exact) mass is 416 g/mol. The normalized spacial score (nSPS) is 23.4. The first-order valence-corrected chi connectivity index (χ1v) is 9.57. The maximum absolute atomic E-state index is 13.7. The molecule has 0 spiro atoms. The number of hydrogen-bond acceptors (Lipinski definition) is 4. The average Bonchev–Trinajstić information content (AvgIpc) is 3.29. The van der Waals surface area contributed by atoms with E-state index in [1.165, 1.54) is 6.26 Å². The number of piperidine rings is 1. The second-order valence-corrected chi connectivity index (χ2v) is 7.81. The summed E-state index contributed by atoms with van der Waals surface area (Å²) in [5.74, 6) is 0.442. The minimum atomic E-state index is -4.54. The fraction of sp³-hybridized carbons (Fsp3) is 0.556. The van der Waals surface area contributed by atoms with Crippen LogP contribution in [0.15, 0.2) is 22.8 Å². The molecule has 0 saturated carbocycles. The van der Waals surface area contributed by atoms with Crippen LogP contribution in [-0.4, -0.2) is 39.9 Å². The quantitative estimate of drug-likeness (QED) is 0.773. The van der Waals surface area contributed by atoms with E-state index in [1.54, 1.807) is 17.0 Å². The Morgan fingerprint density at radius 1 is 1.36 bits per heavy atom. The Morgan fingerprint density at radius 3 is 2.68 bits per heavy atom. The number of rotatable bonds is 2. The zero-order valence-electron chi connectivity index (χ0n) is 15.2. The van der Waals surface area contributed by atoms with Gasteiger partial charge in [0.15, 0.2) is 11.7 Å². The van der Waals surface area contributed by atoms with Gasteiger partial charge in [0.1, 0.15) is 16.6 Å². The van der Waals surface area contributed by atoms with Gasteiger partial charge in [0.25, 0.3) is 5.91 Å². The average molecular weight is 417 g/mol. The van der Waals surface area contributed by atoms with E-state index in [0.717, 1.165) is 17.5 Å². The maximum atomic E-state index is 13.7. The number of likely N-dealkylation sites (tertiary alicyclic amines) is 1. The van der Waals surface area contributed by atoms with Gasteiger partial charge in [-0.3, -0.25) is 4.79 Å². The van der Waals surface area contributed by atoms with Gasteiger partial charge in [0, 0.05) is 19.5 Å². The lowest BCUT2D eigenvalue weighted by Crippen LogP contribution is -2.38. The summed E-state index contributed by atoms with van der Waals surface area (Å²) in [7, 11) is 0. The lowest BCUT2D eigenvalue weighted by molar-refractivity contribution is -0.174. The summed E-state index contributed by atoms with van der Waals surface area (Å²) in [6, 6.07) is 0.590. The summed E-state index contributed by atoms with van der Waals surface area (Å²) in [4.78, 5) is 14.5. The number of aromatic nitrogens is 2. The number of amides is 1. The van der Waals surface area contributed by atoms with Crippen LogP contribution in [0.3, 0.4) is 0 Å². The highest BCUT2D eigenvalue weighted by molar-refractivity contribution is 6.36. The third kappa shape index (κ3) is 3.36. The van der Waals surface area contributed by atoms with Gasteiger partial charge in [-0.15, -0.1) is 0 Å². The lowest BCUT2D eigenvalue weighted by atomic mass is 9.99. The van der Waals surface area contributed by atoms with E-state index in [1.807, 2.05) is 0 Å². The molecule has 152 valence electrons. The van der Waals surface area contributed by atoms with Gasteiger partial charge in [0.05, 0.1) is 12.3 Å². The second kappa shape index (κ2) is 7.02. The predicted molar refractivity (Wildman–Crippen MR) is 96.3 cm³/mol. The molecule has 4 rings (SSSR count). The van der Waals surface area contributed by atoms with E-state index in [0.29, 0.717) is 24.8 Å². The van der Waals surface area contributed by atoms with E-state index in [-0.39, 0.29) is 23.0 Å². The molecular formula is C18H20ClF3N4O2. The van der Waals surface area contributed by atoms with Crippen molar-refractivity contribution in [2.45, 2.75) is 44.4 Å². The molecule has 2 atom stereocenters. The minimum absolute atomic E-state index is 0.00892. The summed E-state index contributed by atoms with van der Waals surface area (Å²) in [5.41, 5.74) is -0.145. The number of carbonyl (C=O) groups excluding carboxylic acids is 1. The zero-order chi connectivity index (χ0) is 20.1. The lowest BCUT2D eigenvalue weighted by Gasteiger charge is -2.32. The molecule has 2 aromatic rings. The Bertz CT molecular complexity index is 857. The van der Waals surface area contributed by atoms with Gasteiger partial charge in [-0.2, -0.15) is 18.3 Å². The summed E-state index contributed by atoms with van der Waals surface area (Å²) in [6.45, 7) is 3.20. The van der Waals surface area contributed by atoms with E-state index in [9.17, 15) is 18.0 Å². The van der Waals surface area contributed by atoms with Crippen molar-refractivity contribution in [3.8, 4) is 0 Å². The van der Waals surface area contributed by atoms with Crippen LogP contribution in [0.1, 0.15) is 54.5 Å². The molecule has 2 aromatic heterocycles. The topological polar surface area (TPSA) is 63.3 Å². The van der Waals surface area contributed by atoms with Crippen molar-refractivity contribution in [3.05, 3.63) is 34.9 Å². The summed E-state index contributed by atoms with van der Waals surface area (Å²) >= 11 is 6.34. The molecule has 28 heavy (non-hydrogen) atoms. The Labute approximate surface area is 164 Å². The first kappa shape index (κ1) is 19.2. The maximum Gasteiger partial charge on any atom is 0.410 e. The smallest absolute Gasteiger partial charge is 0.410 e. The largest absolute Gasteiger partial charge is 0.467 e. The summed E-state index contributed by atoms with van der Waals surface area (Å²) in [6.07, 6.45) is -1.75. The fourth-order valence-corrected chi connectivity index (χ4v) is 4.02. The van der Waals surface area contributed by atoms with Gasteiger partial charge in [0.2, 0.25) is 0 Å². The molecule has 1 amide bonds. The van der Waals surface area contributed by atoms with Gasteiger partial charge in [-0.25, -0.2) is 4.68 Å². The van der Waals surface area contributed by atoms with Crippen LogP contribution in [0.4, 0.5) is 19.0 Å². The van der Waals surface area contributed by atoms with E-state index in [4.69, 9.17) is 16.0 Å². The Morgan fingerprint density at radius 2 is 2.07 bits per heavy atom. The number of carbonyl (C=O) groups is 1. The van der Waals surface area contributed by atoms with Gasteiger partial charge in [-0.05, 0) is 30.9 Å². The van der Waals surface area contributed by atoms with Gasteiger partial charge in [-0.1, -0.05) is 18.5 Å². The van der Waals surface area contributed by atoms with Crippen LogP contribution in [-0.2, 0) is 0 Å². The SMILES string of the molecule is CC1CCN(C(=O)c2nn3c(c2Cl)NC(c2ccco2)CC3C(F)(F)F)CC1. The zero-order valence-corrected chi connectivity index (χ0v) is 15.9. The molecule has 2 aliphatic rings.